The minimum atomic E-state index is -0.901. The number of amides is 2. The second kappa shape index (κ2) is 9.27. The molecule has 1 aliphatic carbocycles. The summed E-state index contributed by atoms with van der Waals surface area (Å²) in [6.45, 7) is 1.85. The number of urea groups is 1. The van der Waals surface area contributed by atoms with Gasteiger partial charge in [0.05, 0.1) is 30.4 Å². The summed E-state index contributed by atoms with van der Waals surface area (Å²) in [5, 5.41) is 16.4. The minimum absolute atomic E-state index is 0.191. The molecule has 10 heteroatoms. The zero-order valence-corrected chi connectivity index (χ0v) is 15.6. The van der Waals surface area contributed by atoms with Crippen molar-refractivity contribution in [3.63, 3.8) is 0 Å². The number of carbonyl (C=O) groups excluding carboxylic acids is 1. The third-order valence-corrected chi connectivity index (χ3v) is 5.27. The zero-order chi connectivity index (χ0) is 19.4. The standard InChI is InChI=1S/C16H33N5O5/c1-7(17)10-5-4-9(21-16(19)23)15(25-10)26-14-8(18)6-11(24-3)12(20-2)13(14)22/h7-15,20,22H,4-6,17-18H2,1-3H3,(H3,19,21,23)/t7-,8+,9-,10+,11+,12-,13-,14-,15+/m0/s1. The second-order valence-electron chi connectivity index (χ2n) is 7.17. The Labute approximate surface area is 154 Å². The van der Waals surface area contributed by atoms with Crippen LogP contribution in [0, 0.1) is 0 Å². The first-order valence-electron chi connectivity index (χ1n) is 9.04. The van der Waals surface area contributed by atoms with Gasteiger partial charge in [-0.2, -0.15) is 0 Å². The Bertz CT molecular complexity index is 468. The molecule has 152 valence electrons. The molecule has 10 nitrogen and oxygen atoms in total. The number of ether oxygens (including phenoxy) is 3. The molecule has 1 saturated carbocycles. The van der Waals surface area contributed by atoms with Crippen molar-refractivity contribution in [1.82, 2.24) is 10.6 Å². The molecule has 9 atom stereocenters. The predicted octanol–water partition coefficient (Wildman–Crippen LogP) is -2.04. The van der Waals surface area contributed by atoms with Gasteiger partial charge in [0.2, 0.25) is 0 Å². The molecule has 26 heavy (non-hydrogen) atoms. The Hall–Kier alpha value is -1.01. The Morgan fingerprint density at radius 2 is 2.08 bits per heavy atom. The molecule has 0 aromatic heterocycles. The number of nitrogens with two attached hydrogens (primary N) is 3. The highest BCUT2D eigenvalue weighted by Crippen LogP contribution is 2.29. The van der Waals surface area contributed by atoms with Crippen molar-refractivity contribution in [3.8, 4) is 0 Å². The molecule has 0 aromatic rings. The number of carbonyl (C=O) groups is 1. The summed E-state index contributed by atoms with van der Waals surface area (Å²) in [6, 6.07) is -2.07. The van der Waals surface area contributed by atoms with Gasteiger partial charge in [0, 0.05) is 19.2 Å². The SMILES string of the molecule is CN[C@@H]1[C@H](O)[C@@H](O[C@H]2O[C@@H]([C@H](C)N)CC[C@@H]2NC(N)=O)[C@H](N)C[C@H]1OC. The lowest BCUT2D eigenvalue weighted by molar-refractivity contribution is -0.255. The van der Waals surface area contributed by atoms with Crippen LogP contribution in [0.2, 0.25) is 0 Å². The van der Waals surface area contributed by atoms with E-state index in [0.717, 1.165) is 0 Å². The van der Waals surface area contributed by atoms with E-state index in [1.165, 1.54) is 0 Å². The van der Waals surface area contributed by atoms with E-state index < -0.39 is 36.6 Å². The van der Waals surface area contributed by atoms with Crippen molar-refractivity contribution in [2.75, 3.05) is 14.2 Å². The van der Waals surface area contributed by atoms with Gasteiger partial charge in [-0.15, -0.1) is 0 Å². The molecule has 1 saturated heterocycles. The van der Waals surface area contributed by atoms with Gasteiger partial charge in [0.25, 0.3) is 0 Å². The van der Waals surface area contributed by atoms with Crippen LogP contribution in [-0.4, -0.2) is 80.2 Å². The summed E-state index contributed by atoms with van der Waals surface area (Å²) in [6.07, 6.45) is -1.03. The lowest BCUT2D eigenvalue weighted by atomic mass is 9.84. The van der Waals surface area contributed by atoms with Gasteiger partial charge in [-0.3, -0.25) is 0 Å². The van der Waals surface area contributed by atoms with Gasteiger partial charge in [-0.25, -0.2) is 4.79 Å². The molecule has 0 bridgehead atoms. The Balaban J connectivity index is 2.13. The third kappa shape index (κ3) is 4.83. The monoisotopic (exact) mass is 375 g/mol. The summed E-state index contributed by atoms with van der Waals surface area (Å²) in [5.74, 6) is 0. The number of aliphatic hydroxyl groups is 1. The molecular formula is C16H33N5O5. The van der Waals surface area contributed by atoms with Crippen molar-refractivity contribution in [2.24, 2.45) is 17.2 Å². The van der Waals surface area contributed by atoms with Crippen LogP contribution in [0.3, 0.4) is 0 Å². The van der Waals surface area contributed by atoms with Crippen molar-refractivity contribution in [2.45, 2.75) is 81.1 Å². The number of hydrogen-bond donors (Lipinski definition) is 6. The van der Waals surface area contributed by atoms with Crippen LogP contribution in [0.15, 0.2) is 0 Å². The van der Waals surface area contributed by atoms with Gasteiger partial charge in [-0.1, -0.05) is 0 Å². The van der Waals surface area contributed by atoms with Crippen molar-refractivity contribution in [3.05, 3.63) is 0 Å². The van der Waals surface area contributed by atoms with Crippen molar-refractivity contribution >= 4 is 6.03 Å². The maximum atomic E-state index is 11.3. The van der Waals surface area contributed by atoms with Gasteiger partial charge >= 0.3 is 6.03 Å². The first-order valence-corrected chi connectivity index (χ1v) is 9.04. The Morgan fingerprint density at radius 1 is 1.38 bits per heavy atom. The molecule has 2 amide bonds. The fourth-order valence-corrected chi connectivity index (χ4v) is 3.81. The molecular weight excluding hydrogens is 342 g/mol. The minimum Gasteiger partial charge on any atom is -0.389 e. The Kier molecular flexibility index (Phi) is 7.59. The summed E-state index contributed by atoms with van der Waals surface area (Å²) < 4.78 is 17.4. The van der Waals surface area contributed by atoms with E-state index in [9.17, 15) is 9.90 Å². The molecule has 1 heterocycles. The lowest BCUT2D eigenvalue weighted by Crippen LogP contribution is -2.66. The Morgan fingerprint density at radius 3 is 2.62 bits per heavy atom. The molecule has 2 fully saturated rings. The summed E-state index contributed by atoms with van der Waals surface area (Å²) >= 11 is 0. The largest absolute Gasteiger partial charge is 0.389 e. The zero-order valence-electron chi connectivity index (χ0n) is 15.6. The van der Waals surface area contributed by atoms with E-state index in [-0.39, 0.29) is 24.3 Å². The molecule has 0 aromatic carbocycles. The van der Waals surface area contributed by atoms with Gasteiger partial charge < -0.3 is 47.2 Å². The van der Waals surface area contributed by atoms with E-state index >= 15 is 0 Å². The molecule has 2 rings (SSSR count). The number of hydrogen-bond acceptors (Lipinski definition) is 8. The first-order chi connectivity index (χ1) is 12.3. The molecule has 0 unspecified atom stereocenters. The molecule has 2 aliphatic rings. The smallest absolute Gasteiger partial charge is 0.312 e. The topological polar surface area (TPSA) is 167 Å². The highest BCUT2D eigenvalue weighted by atomic mass is 16.7. The van der Waals surface area contributed by atoms with E-state index in [1.54, 1.807) is 14.2 Å². The molecule has 1 aliphatic heterocycles. The van der Waals surface area contributed by atoms with Crippen LogP contribution in [0.5, 0.6) is 0 Å². The maximum Gasteiger partial charge on any atom is 0.312 e. The normalized spacial score (nSPS) is 42.2. The molecule has 9 N–H and O–H groups in total. The highest BCUT2D eigenvalue weighted by molar-refractivity contribution is 5.72. The van der Waals surface area contributed by atoms with E-state index in [1.807, 2.05) is 6.92 Å². The average Bonchev–Trinajstić information content (AvgIpc) is 2.58. The van der Waals surface area contributed by atoms with Crippen LogP contribution >= 0.6 is 0 Å². The highest BCUT2D eigenvalue weighted by Gasteiger charge is 2.46. The maximum absolute atomic E-state index is 11.3. The fraction of sp³-hybridized carbons (Fsp3) is 0.938. The van der Waals surface area contributed by atoms with E-state index in [0.29, 0.717) is 19.3 Å². The summed E-state index contributed by atoms with van der Waals surface area (Å²) in [4.78, 5) is 11.3. The number of aliphatic hydroxyl groups excluding tert-OH is 1. The van der Waals surface area contributed by atoms with Gasteiger partial charge in [0.15, 0.2) is 6.29 Å². The molecule has 0 spiro atoms. The third-order valence-electron chi connectivity index (χ3n) is 5.27. The van der Waals surface area contributed by atoms with Gasteiger partial charge in [-0.05, 0) is 33.2 Å². The van der Waals surface area contributed by atoms with Gasteiger partial charge in [0.1, 0.15) is 6.10 Å². The summed E-state index contributed by atoms with van der Waals surface area (Å²) in [5.41, 5.74) is 17.4. The second-order valence-corrected chi connectivity index (χ2v) is 7.17. The predicted molar refractivity (Wildman–Crippen MR) is 95.2 cm³/mol. The number of rotatable bonds is 6. The first kappa shape index (κ1) is 21.3. The average molecular weight is 375 g/mol. The van der Waals surface area contributed by atoms with Crippen LogP contribution in [0.4, 0.5) is 4.79 Å². The van der Waals surface area contributed by atoms with Crippen molar-refractivity contribution < 1.29 is 24.1 Å². The molecule has 0 radical (unpaired) electrons. The van der Waals surface area contributed by atoms with Crippen LogP contribution < -0.4 is 27.8 Å². The van der Waals surface area contributed by atoms with Crippen LogP contribution in [0.25, 0.3) is 0 Å². The number of primary amides is 1. The van der Waals surface area contributed by atoms with Crippen LogP contribution in [-0.2, 0) is 14.2 Å². The van der Waals surface area contributed by atoms with E-state index in [4.69, 9.17) is 31.4 Å². The number of likely N-dealkylation sites (N-methyl/N-ethyl adjacent to an activating group) is 1. The fourth-order valence-electron chi connectivity index (χ4n) is 3.81. The van der Waals surface area contributed by atoms with Crippen LogP contribution in [0.1, 0.15) is 26.2 Å². The summed E-state index contributed by atoms with van der Waals surface area (Å²) in [7, 11) is 3.33. The quantitative estimate of drug-likeness (QED) is 0.308. The number of nitrogens with one attached hydrogen (secondary N) is 2. The lowest BCUT2D eigenvalue weighted by Gasteiger charge is -2.46. The van der Waals surface area contributed by atoms with E-state index in [2.05, 4.69) is 10.6 Å². The number of methoxy groups -OCH3 is 1. The van der Waals surface area contributed by atoms with Crippen molar-refractivity contribution in [1.29, 1.82) is 0 Å².